The molecule has 4 heteroatoms. The summed E-state index contributed by atoms with van der Waals surface area (Å²) in [5, 5.41) is 0. The Labute approximate surface area is 86.5 Å². The molecule has 1 rings (SSSR count). The quantitative estimate of drug-likeness (QED) is 0.696. The molecule has 0 aliphatic rings. The number of benzene rings is 1. The standard InChI is InChI=1S/C7H8OS.2H2S/c1-8-6-3-2-4-7(9)5-6;;/h2-5,9H,1H3;2*1H2. The third-order valence-corrected chi connectivity index (χ3v) is 1.33. The highest BCUT2D eigenvalue weighted by Crippen LogP contribution is 2.14. The molecule has 0 amide bonds. The zero-order valence-corrected chi connectivity index (χ0v) is 9.06. The Bertz CT molecular complexity index is 203. The van der Waals surface area contributed by atoms with Crippen molar-refractivity contribution in [2.24, 2.45) is 0 Å². The van der Waals surface area contributed by atoms with E-state index in [0.29, 0.717) is 0 Å². The Hall–Kier alpha value is 0.0700. The number of methoxy groups -OCH3 is 1. The minimum Gasteiger partial charge on any atom is -0.497 e. The Morgan fingerprint density at radius 1 is 1.27 bits per heavy atom. The summed E-state index contributed by atoms with van der Waals surface area (Å²) >= 11 is 4.13. The monoisotopic (exact) mass is 208 g/mol. The van der Waals surface area contributed by atoms with E-state index in [2.05, 4.69) is 12.6 Å². The third kappa shape index (κ3) is 4.50. The fourth-order valence-corrected chi connectivity index (χ4v) is 0.824. The van der Waals surface area contributed by atoms with E-state index >= 15 is 0 Å². The first-order valence-electron chi connectivity index (χ1n) is 2.66. The maximum absolute atomic E-state index is 4.95. The molecule has 11 heavy (non-hydrogen) atoms. The molecule has 0 spiro atoms. The van der Waals surface area contributed by atoms with Gasteiger partial charge in [-0.15, -0.1) is 12.6 Å². The summed E-state index contributed by atoms with van der Waals surface area (Å²) < 4.78 is 4.95. The molecule has 0 bridgehead atoms. The van der Waals surface area contributed by atoms with Crippen LogP contribution < -0.4 is 4.74 Å². The first-order valence-corrected chi connectivity index (χ1v) is 3.10. The summed E-state index contributed by atoms with van der Waals surface area (Å²) in [6.45, 7) is 0. The fourth-order valence-electron chi connectivity index (χ4n) is 0.610. The predicted molar refractivity (Wildman–Crippen MR) is 61.0 cm³/mol. The summed E-state index contributed by atoms with van der Waals surface area (Å²) in [4.78, 5) is 0.925. The van der Waals surface area contributed by atoms with Crippen LogP contribution in [0.5, 0.6) is 5.75 Å². The lowest BCUT2D eigenvalue weighted by Gasteiger charge is -1.97. The Morgan fingerprint density at radius 2 is 1.91 bits per heavy atom. The second-order valence-corrected chi connectivity index (χ2v) is 2.22. The van der Waals surface area contributed by atoms with Crippen molar-refractivity contribution in [2.45, 2.75) is 4.90 Å². The molecule has 0 aliphatic heterocycles. The topological polar surface area (TPSA) is 9.23 Å². The van der Waals surface area contributed by atoms with Gasteiger partial charge in [-0.05, 0) is 18.2 Å². The van der Waals surface area contributed by atoms with Gasteiger partial charge < -0.3 is 4.74 Å². The molecule has 0 aliphatic carbocycles. The molecule has 0 heterocycles. The molecule has 1 aromatic rings. The van der Waals surface area contributed by atoms with Crippen molar-refractivity contribution in [1.29, 1.82) is 0 Å². The zero-order chi connectivity index (χ0) is 6.69. The highest BCUT2D eigenvalue weighted by molar-refractivity contribution is 7.80. The fraction of sp³-hybridized carbons (Fsp3) is 0.143. The lowest BCUT2D eigenvalue weighted by molar-refractivity contribution is 0.413. The Morgan fingerprint density at radius 3 is 2.27 bits per heavy atom. The molecule has 0 saturated carbocycles. The molecule has 0 aromatic heterocycles. The molecular weight excluding hydrogens is 196 g/mol. The maximum atomic E-state index is 4.95. The summed E-state index contributed by atoms with van der Waals surface area (Å²) in [6.07, 6.45) is 0. The average molecular weight is 208 g/mol. The summed E-state index contributed by atoms with van der Waals surface area (Å²) in [6, 6.07) is 7.57. The van der Waals surface area contributed by atoms with Crippen molar-refractivity contribution >= 4 is 39.6 Å². The first-order chi connectivity index (χ1) is 4.33. The Balaban J connectivity index is 0. The van der Waals surface area contributed by atoms with E-state index in [4.69, 9.17) is 4.74 Å². The normalized spacial score (nSPS) is 7.45. The van der Waals surface area contributed by atoms with Crippen molar-refractivity contribution in [2.75, 3.05) is 7.11 Å². The summed E-state index contributed by atoms with van der Waals surface area (Å²) in [5.74, 6) is 0.850. The van der Waals surface area contributed by atoms with Gasteiger partial charge in [0, 0.05) is 4.90 Å². The molecule has 0 radical (unpaired) electrons. The second-order valence-electron chi connectivity index (χ2n) is 1.70. The van der Waals surface area contributed by atoms with Gasteiger partial charge in [0.15, 0.2) is 0 Å². The summed E-state index contributed by atoms with van der Waals surface area (Å²) in [7, 11) is 1.64. The molecule has 0 saturated heterocycles. The van der Waals surface area contributed by atoms with Crippen molar-refractivity contribution in [1.82, 2.24) is 0 Å². The molecular formula is C7H12OS3. The van der Waals surface area contributed by atoms with Crippen LogP contribution in [0.2, 0.25) is 0 Å². The maximum Gasteiger partial charge on any atom is 0.119 e. The van der Waals surface area contributed by atoms with E-state index in [9.17, 15) is 0 Å². The lowest BCUT2D eigenvalue weighted by Crippen LogP contribution is -1.80. The average Bonchev–Trinajstić information content (AvgIpc) is 1.88. The van der Waals surface area contributed by atoms with Crippen LogP contribution >= 0.6 is 39.6 Å². The molecule has 0 atom stereocenters. The molecule has 0 fully saturated rings. The highest BCUT2D eigenvalue weighted by Gasteiger charge is 1.87. The van der Waals surface area contributed by atoms with Gasteiger partial charge in [0.2, 0.25) is 0 Å². The van der Waals surface area contributed by atoms with E-state index in [1.165, 1.54) is 0 Å². The molecule has 64 valence electrons. The van der Waals surface area contributed by atoms with Crippen LogP contribution in [-0.4, -0.2) is 7.11 Å². The van der Waals surface area contributed by atoms with Crippen LogP contribution in [0.25, 0.3) is 0 Å². The van der Waals surface area contributed by atoms with Crippen LogP contribution in [0.3, 0.4) is 0 Å². The minimum absolute atomic E-state index is 0. The molecule has 1 aromatic carbocycles. The van der Waals surface area contributed by atoms with Crippen molar-refractivity contribution in [3.8, 4) is 5.75 Å². The van der Waals surface area contributed by atoms with Crippen LogP contribution in [0.15, 0.2) is 29.2 Å². The first kappa shape index (κ1) is 13.6. The second kappa shape index (κ2) is 6.76. The lowest BCUT2D eigenvalue weighted by atomic mass is 10.3. The van der Waals surface area contributed by atoms with Crippen LogP contribution in [0.4, 0.5) is 0 Å². The minimum atomic E-state index is 0. The van der Waals surface area contributed by atoms with Gasteiger partial charge in [-0.3, -0.25) is 0 Å². The van der Waals surface area contributed by atoms with E-state index in [1.54, 1.807) is 7.11 Å². The summed E-state index contributed by atoms with van der Waals surface area (Å²) in [5.41, 5.74) is 0. The van der Waals surface area contributed by atoms with E-state index < -0.39 is 0 Å². The number of ether oxygens (including phenoxy) is 1. The van der Waals surface area contributed by atoms with Gasteiger partial charge in [0.05, 0.1) is 7.11 Å². The third-order valence-electron chi connectivity index (χ3n) is 1.05. The highest BCUT2D eigenvalue weighted by atomic mass is 32.1. The molecule has 0 N–H and O–H groups in total. The van der Waals surface area contributed by atoms with Crippen LogP contribution in [-0.2, 0) is 0 Å². The number of rotatable bonds is 1. The number of thiol groups is 1. The smallest absolute Gasteiger partial charge is 0.119 e. The number of hydrogen-bond acceptors (Lipinski definition) is 2. The van der Waals surface area contributed by atoms with Gasteiger partial charge in [-0.2, -0.15) is 27.0 Å². The van der Waals surface area contributed by atoms with Gasteiger partial charge >= 0.3 is 0 Å². The van der Waals surface area contributed by atoms with Crippen LogP contribution in [0, 0.1) is 0 Å². The van der Waals surface area contributed by atoms with E-state index in [-0.39, 0.29) is 27.0 Å². The van der Waals surface area contributed by atoms with E-state index in [0.717, 1.165) is 10.6 Å². The van der Waals surface area contributed by atoms with Gasteiger partial charge in [0.1, 0.15) is 5.75 Å². The SMILES string of the molecule is COc1cccc(S)c1.S.S. The predicted octanol–water partition coefficient (Wildman–Crippen LogP) is 2.21. The molecule has 1 nitrogen and oxygen atoms in total. The van der Waals surface area contributed by atoms with E-state index in [1.807, 2.05) is 24.3 Å². The van der Waals surface area contributed by atoms with Crippen LogP contribution in [0.1, 0.15) is 0 Å². The van der Waals surface area contributed by atoms with Gasteiger partial charge in [-0.1, -0.05) is 6.07 Å². The van der Waals surface area contributed by atoms with Gasteiger partial charge in [0.25, 0.3) is 0 Å². The van der Waals surface area contributed by atoms with Crippen molar-refractivity contribution in [3.05, 3.63) is 24.3 Å². The van der Waals surface area contributed by atoms with Crippen molar-refractivity contribution in [3.63, 3.8) is 0 Å². The molecule has 0 unspecified atom stereocenters. The van der Waals surface area contributed by atoms with Crippen molar-refractivity contribution < 1.29 is 4.74 Å². The largest absolute Gasteiger partial charge is 0.497 e. The van der Waals surface area contributed by atoms with Gasteiger partial charge in [-0.25, -0.2) is 0 Å². The Kier molecular flexibility index (Phi) is 8.39. The number of hydrogen-bond donors (Lipinski definition) is 1. The zero-order valence-electron chi connectivity index (χ0n) is 6.16.